The first-order valence-electron chi connectivity index (χ1n) is 10.6. The molecule has 0 fully saturated rings. The summed E-state index contributed by atoms with van der Waals surface area (Å²) in [7, 11) is 0. The van der Waals surface area contributed by atoms with E-state index in [1.54, 1.807) is 0 Å². The van der Waals surface area contributed by atoms with E-state index in [0.29, 0.717) is 13.1 Å². The highest BCUT2D eigenvalue weighted by Crippen LogP contribution is 2.06. The topological polar surface area (TPSA) is 108 Å². The first-order valence-corrected chi connectivity index (χ1v) is 11.8. The van der Waals surface area contributed by atoms with Gasteiger partial charge in [-0.05, 0) is 12.2 Å². The summed E-state index contributed by atoms with van der Waals surface area (Å²) in [5.41, 5.74) is 0. The molecule has 0 bridgehead atoms. The summed E-state index contributed by atoms with van der Waals surface area (Å²) >= 11 is 1.83. The molecule has 0 aromatic carbocycles. The maximum atomic E-state index is 11.9. The van der Waals surface area contributed by atoms with Crippen molar-refractivity contribution in [3.8, 4) is 0 Å². The lowest BCUT2D eigenvalue weighted by molar-refractivity contribution is -0.150. The number of hydrogen-bond donors (Lipinski definition) is 0. The minimum absolute atomic E-state index is 0.0198. The van der Waals surface area contributed by atoms with Crippen LogP contribution < -0.4 is 0 Å². The van der Waals surface area contributed by atoms with Crippen molar-refractivity contribution < 1.29 is 38.1 Å². The normalized spacial score (nSPS) is 10.3. The summed E-state index contributed by atoms with van der Waals surface area (Å²) in [5, 5.41) is 0. The quantitative estimate of drug-likeness (QED) is 0.113. The molecule has 0 spiro atoms. The fourth-order valence-electron chi connectivity index (χ4n) is 2.23. The van der Waals surface area contributed by atoms with Crippen LogP contribution in [0.1, 0.15) is 32.6 Å². The molecule has 0 aliphatic rings. The summed E-state index contributed by atoms with van der Waals surface area (Å²) in [6.07, 6.45) is 4.67. The van der Waals surface area contributed by atoms with Crippen molar-refractivity contribution >= 4 is 35.6 Å². The molecule has 0 aromatic rings. The smallest absolute Gasteiger partial charge is 0.330 e. The maximum absolute atomic E-state index is 11.9. The lowest BCUT2D eigenvalue weighted by Crippen LogP contribution is -2.32. The van der Waals surface area contributed by atoms with Crippen LogP contribution in [0.15, 0.2) is 25.3 Å². The van der Waals surface area contributed by atoms with Gasteiger partial charge in [-0.2, -0.15) is 11.8 Å². The van der Waals surface area contributed by atoms with Gasteiger partial charge in [0.1, 0.15) is 26.4 Å². The Morgan fingerprint density at radius 1 is 0.750 bits per heavy atom. The second-order valence-corrected chi connectivity index (χ2v) is 7.72. The predicted octanol–water partition coefficient (Wildman–Crippen LogP) is 2.15. The minimum Gasteiger partial charge on any atom is -0.462 e. The summed E-state index contributed by atoms with van der Waals surface area (Å²) in [6.45, 7) is 10.2. The van der Waals surface area contributed by atoms with E-state index < -0.39 is 23.9 Å². The zero-order chi connectivity index (χ0) is 24.0. The molecule has 10 heteroatoms. The predicted molar refractivity (Wildman–Crippen MR) is 122 cm³/mol. The number of rotatable bonds is 20. The fraction of sp³-hybridized carbons (Fsp3) is 0.636. The number of ether oxygens (including phenoxy) is 4. The van der Waals surface area contributed by atoms with Gasteiger partial charge >= 0.3 is 23.9 Å². The molecule has 0 aliphatic carbocycles. The lowest BCUT2D eigenvalue weighted by Gasteiger charge is -2.21. The molecule has 0 aromatic heterocycles. The van der Waals surface area contributed by atoms with E-state index in [4.69, 9.17) is 18.9 Å². The molecular weight excluding hydrogens is 438 g/mol. The molecule has 0 atom stereocenters. The van der Waals surface area contributed by atoms with Gasteiger partial charge in [-0.25, -0.2) is 9.59 Å². The zero-order valence-corrected chi connectivity index (χ0v) is 19.7. The molecule has 182 valence electrons. The van der Waals surface area contributed by atoms with Gasteiger partial charge in [0.05, 0.1) is 12.8 Å². The summed E-state index contributed by atoms with van der Waals surface area (Å²) in [6, 6.07) is 0. The molecule has 0 heterocycles. The van der Waals surface area contributed by atoms with E-state index in [-0.39, 0.29) is 39.3 Å². The van der Waals surface area contributed by atoms with E-state index in [0.717, 1.165) is 43.0 Å². The molecule has 32 heavy (non-hydrogen) atoms. The molecule has 0 amide bonds. The minimum atomic E-state index is -0.571. The van der Waals surface area contributed by atoms with Gasteiger partial charge in [0, 0.05) is 37.5 Å². The largest absolute Gasteiger partial charge is 0.462 e. The van der Waals surface area contributed by atoms with Gasteiger partial charge in [0.2, 0.25) is 0 Å². The van der Waals surface area contributed by atoms with Crippen LogP contribution in [0.2, 0.25) is 0 Å². The van der Waals surface area contributed by atoms with E-state index >= 15 is 0 Å². The van der Waals surface area contributed by atoms with Crippen LogP contribution >= 0.6 is 11.8 Å². The van der Waals surface area contributed by atoms with Crippen molar-refractivity contribution in [2.75, 3.05) is 57.6 Å². The molecule has 0 N–H and O–H groups in total. The van der Waals surface area contributed by atoms with E-state index in [1.165, 1.54) is 0 Å². The molecule has 0 rings (SSSR count). The molecule has 0 saturated carbocycles. The Balaban J connectivity index is 4.27. The van der Waals surface area contributed by atoms with Crippen LogP contribution in [-0.4, -0.2) is 86.3 Å². The van der Waals surface area contributed by atoms with Crippen molar-refractivity contribution in [3.05, 3.63) is 25.3 Å². The van der Waals surface area contributed by atoms with Crippen molar-refractivity contribution in [3.63, 3.8) is 0 Å². The summed E-state index contributed by atoms with van der Waals surface area (Å²) in [5.74, 6) is 0.00214. The van der Waals surface area contributed by atoms with Crippen LogP contribution in [0.5, 0.6) is 0 Å². The highest BCUT2D eigenvalue weighted by molar-refractivity contribution is 7.99. The molecule has 0 aliphatic heterocycles. The van der Waals surface area contributed by atoms with Crippen LogP contribution in [0.25, 0.3) is 0 Å². The number of hydrogen-bond acceptors (Lipinski definition) is 10. The molecular formula is C22H35NO8S. The lowest BCUT2D eigenvalue weighted by atomic mass is 10.3. The third kappa shape index (κ3) is 18.4. The Hall–Kier alpha value is -2.33. The van der Waals surface area contributed by atoms with Gasteiger partial charge < -0.3 is 23.8 Å². The Morgan fingerprint density at radius 2 is 1.22 bits per heavy atom. The molecule has 9 nitrogen and oxygen atoms in total. The highest BCUT2D eigenvalue weighted by Gasteiger charge is 2.13. The van der Waals surface area contributed by atoms with Crippen LogP contribution in [0, 0.1) is 0 Å². The number of thioether (sulfide) groups is 1. The van der Waals surface area contributed by atoms with Crippen molar-refractivity contribution in [1.82, 2.24) is 4.90 Å². The first kappa shape index (κ1) is 29.7. The van der Waals surface area contributed by atoms with Gasteiger partial charge in [-0.1, -0.05) is 26.5 Å². The second-order valence-electron chi connectivity index (χ2n) is 6.49. The van der Waals surface area contributed by atoms with Crippen molar-refractivity contribution in [1.29, 1.82) is 0 Å². The Labute approximate surface area is 194 Å². The standard InChI is InChI=1S/C22H35NO8S/c1-4-7-17-32-18-12-23(10-8-21(26)30-15-13-28-19(24)5-2)11-9-22(27)31-16-14-29-20(25)6-3/h5-6H,2-4,7-18H2,1H3. The number of carbonyl (C=O) groups excluding carboxylic acids is 4. The van der Waals surface area contributed by atoms with E-state index in [2.05, 4.69) is 20.1 Å². The average molecular weight is 474 g/mol. The Kier molecular flexibility index (Phi) is 19.1. The third-order valence-electron chi connectivity index (χ3n) is 3.97. The van der Waals surface area contributed by atoms with Gasteiger partial charge in [0.15, 0.2) is 0 Å². The number of esters is 4. The van der Waals surface area contributed by atoms with E-state index in [9.17, 15) is 19.2 Å². The molecule has 0 saturated heterocycles. The second kappa shape index (κ2) is 20.6. The van der Waals surface area contributed by atoms with Crippen molar-refractivity contribution in [2.24, 2.45) is 0 Å². The van der Waals surface area contributed by atoms with Gasteiger partial charge in [0.25, 0.3) is 0 Å². The third-order valence-corrected chi connectivity index (χ3v) is 5.02. The van der Waals surface area contributed by atoms with Gasteiger partial charge in [-0.3, -0.25) is 9.59 Å². The maximum Gasteiger partial charge on any atom is 0.330 e. The average Bonchev–Trinajstić information content (AvgIpc) is 2.80. The van der Waals surface area contributed by atoms with Gasteiger partial charge in [-0.15, -0.1) is 0 Å². The Bertz CT molecular complexity index is 552. The van der Waals surface area contributed by atoms with E-state index in [1.807, 2.05) is 16.7 Å². The molecule has 0 unspecified atom stereocenters. The van der Waals surface area contributed by atoms with Crippen LogP contribution in [-0.2, 0) is 38.1 Å². The number of carbonyl (C=O) groups is 4. The monoisotopic (exact) mass is 473 g/mol. The number of unbranched alkanes of at least 4 members (excludes halogenated alkanes) is 1. The molecule has 0 radical (unpaired) electrons. The summed E-state index contributed by atoms with van der Waals surface area (Å²) in [4.78, 5) is 47.7. The fourth-order valence-corrected chi connectivity index (χ4v) is 3.32. The van der Waals surface area contributed by atoms with Crippen molar-refractivity contribution in [2.45, 2.75) is 32.6 Å². The Morgan fingerprint density at radius 3 is 1.66 bits per heavy atom. The summed E-state index contributed by atoms with van der Waals surface area (Å²) < 4.78 is 19.6. The first-order chi connectivity index (χ1) is 15.4. The number of nitrogens with zero attached hydrogens (tertiary/aromatic N) is 1. The SMILES string of the molecule is C=CC(=O)OCCOC(=O)CCN(CCSCCCC)CCC(=O)OCCOC(=O)C=C. The highest BCUT2D eigenvalue weighted by atomic mass is 32.2. The van der Waals surface area contributed by atoms with Crippen LogP contribution in [0.3, 0.4) is 0 Å². The zero-order valence-electron chi connectivity index (χ0n) is 18.9. The van der Waals surface area contributed by atoms with Crippen LogP contribution in [0.4, 0.5) is 0 Å².